The highest BCUT2D eigenvalue weighted by atomic mass is 16.3. The van der Waals surface area contributed by atoms with E-state index in [1.54, 1.807) is 0 Å². The lowest BCUT2D eigenvalue weighted by Crippen LogP contribution is -2.52. The molecule has 3 rings (SSSR count). The minimum atomic E-state index is -0.0419. The van der Waals surface area contributed by atoms with Gasteiger partial charge in [0.2, 0.25) is 0 Å². The molecule has 1 aromatic carbocycles. The van der Waals surface area contributed by atoms with Crippen LogP contribution in [0, 0.1) is 6.92 Å². The first kappa shape index (κ1) is 11.2. The highest BCUT2D eigenvalue weighted by molar-refractivity contribution is 5.31. The summed E-state index contributed by atoms with van der Waals surface area (Å²) in [6, 6.07) is 9.99. The third kappa shape index (κ3) is 2.24. The monoisotopic (exact) mass is 231 g/mol. The highest BCUT2D eigenvalue weighted by Gasteiger charge is 2.35. The topological polar surface area (TPSA) is 32.3 Å². The van der Waals surface area contributed by atoms with Crippen molar-refractivity contribution in [2.24, 2.45) is 0 Å². The number of hydrogen-bond donors (Lipinski definition) is 2. The Kier molecular flexibility index (Phi) is 2.93. The third-order valence-electron chi connectivity index (χ3n) is 4.35. The lowest BCUT2D eigenvalue weighted by Gasteiger charge is -2.43. The summed E-state index contributed by atoms with van der Waals surface area (Å²) in [6.45, 7) is 2.21. The summed E-state index contributed by atoms with van der Waals surface area (Å²) in [4.78, 5) is 0. The second kappa shape index (κ2) is 4.43. The Bertz CT molecular complexity index is 392. The molecule has 92 valence electrons. The minimum Gasteiger partial charge on any atom is -0.393 e. The summed E-state index contributed by atoms with van der Waals surface area (Å²) in [6.07, 6.45) is 4.38. The zero-order chi connectivity index (χ0) is 11.8. The van der Waals surface area contributed by atoms with Crippen molar-refractivity contribution in [1.29, 1.82) is 0 Å². The van der Waals surface area contributed by atoms with Crippen molar-refractivity contribution in [3.63, 3.8) is 0 Å². The average Bonchev–Trinajstić information content (AvgIpc) is 2.21. The summed E-state index contributed by atoms with van der Waals surface area (Å²) in [5.41, 5.74) is 2.95. The summed E-state index contributed by atoms with van der Waals surface area (Å²) in [5.74, 6) is 0.749. The lowest BCUT2D eigenvalue weighted by atomic mass is 9.73. The van der Waals surface area contributed by atoms with Crippen LogP contribution >= 0.6 is 0 Å². The molecule has 0 radical (unpaired) electrons. The van der Waals surface area contributed by atoms with Gasteiger partial charge >= 0.3 is 0 Å². The molecule has 0 bridgehead atoms. The van der Waals surface area contributed by atoms with E-state index in [9.17, 15) is 5.11 Å². The van der Waals surface area contributed by atoms with E-state index < -0.39 is 0 Å². The van der Waals surface area contributed by atoms with Crippen LogP contribution in [0.5, 0.6) is 0 Å². The maximum absolute atomic E-state index is 9.25. The summed E-state index contributed by atoms with van der Waals surface area (Å²) >= 11 is 0. The molecule has 2 nitrogen and oxygen atoms in total. The molecule has 0 aromatic heterocycles. The van der Waals surface area contributed by atoms with Crippen molar-refractivity contribution in [1.82, 2.24) is 5.32 Å². The van der Waals surface area contributed by atoms with E-state index in [1.807, 2.05) is 0 Å². The van der Waals surface area contributed by atoms with Gasteiger partial charge in [0, 0.05) is 12.1 Å². The highest BCUT2D eigenvalue weighted by Crippen LogP contribution is 2.39. The Hall–Kier alpha value is -0.860. The summed E-state index contributed by atoms with van der Waals surface area (Å²) in [7, 11) is 0. The zero-order valence-corrected chi connectivity index (χ0v) is 10.4. The first-order valence-corrected chi connectivity index (χ1v) is 6.72. The van der Waals surface area contributed by atoms with Crippen LogP contribution in [-0.4, -0.2) is 23.3 Å². The van der Waals surface area contributed by atoms with Gasteiger partial charge in [0.25, 0.3) is 0 Å². The van der Waals surface area contributed by atoms with Gasteiger partial charge in [-0.3, -0.25) is 0 Å². The van der Waals surface area contributed by atoms with Crippen molar-refractivity contribution in [2.75, 3.05) is 0 Å². The fraction of sp³-hybridized carbons (Fsp3) is 0.600. The van der Waals surface area contributed by atoms with Gasteiger partial charge in [-0.25, -0.2) is 0 Å². The van der Waals surface area contributed by atoms with E-state index in [1.165, 1.54) is 24.0 Å². The maximum atomic E-state index is 9.25. The number of rotatable bonds is 3. The molecule has 17 heavy (non-hydrogen) atoms. The number of benzene rings is 1. The van der Waals surface area contributed by atoms with E-state index in [2.05, 4.69) is 36.5 Å². The molecular weight excluding hydrogens is 210 g/mol. The Morgan fingerprint density at radius 2 is 1.71 bits per heavy atom. The zero-order valence-electron chi connectivity index (χ0n) is 10.4. The molecule has 0 heterocycles. The second-order valence-electron chi connectivity index (χ2n) is 5.71. The van der Waals surface area contributed by atoms with Gasteiger partial charge in [-0.2, -0.15) is 0 Å². The molecule has 0 spiro atoms. The number of aliphatic hydroxyl groups is 1. The van der Waals surface area contributed by atoms with E-state index >= 15 is 0 Å². The molecule has 2 heteroatoms. The lowest BCUT2D eigenvalue weighted by molar-refractivity contribution is 0.0506. The van der Waals surface area contributed by atoms with Crippen molar-refractivity contribution in [3.05, 3.63) is 35.4 Å². The van der Waals surface area contributed by atoms with E-state index in [4.69, 9.17) is 0 Å². The van der Waals surface area contributed by atoms with Crippen LogP contribution in [-0.2, 0) is 0 Å². The first-order valence-electron chi connectivity index (χ1n) is 6.72. The van der Waals surface area contributed by atoms with Crippen molar-refractivity contribution < 1.29 is 5.11 Å². The number of nitrogens with one attached hydrogen (secondary N) is 1. The smallest absolute Gasteiger partial charge is 0.0570 e. The predicted octanol–water partition coefficient (Wildman–Crippen LogP) is 2.35. The molecule has 0 unspecified atom stereocenters. The first-order chi connectivity index (χ1) is 8.22. The molecule has 0 amide bonds. The van der Waals surface area contributed by atoms with Crippen molar-refractivity contribution >= 4 is 0 Å². The molecule has 0 aliphatic heterocycles. The Morgan fingerprint density at radius 1 is 1.06 bits per heavy atom. The summed E-state index contributed by atoms with van der Waals surface area (Å²) in [5, 5.41) is 12.9. The van der Waals surface area contributed by atoms with Crippen LogP contribution in [0.2, 0.25) is 0 Å². The predicted molar refractivity (Wildman–Crippen MR) is 69.1 cm³/mol. The Labute approximate surface area is 103 Å². The van der Waals surface area contributed by atoms with Crippen LogP contribution in [0.1, 0.15) is 42.7 Å². The van der Waals surface area contributed by atoms with Gasteiger partial charge in [-0.15, -0.1) is 0 Å². The fourth-order valence-electron chi connectivity index (χ4n) is 3.11. The molecule has 2 N–H and O–H groups in total. The molecule has 2 fully saturated rings. The van der Waals surface area contributed by atoms with Gasteiger partial charge < -0.3 is 10.4 Å². The largest absolute Gasteiger partial charge is 0.393 e. The standard InChI is InChI=1S/C15H21NO/c1-10-4-2-3-5-15(10)11-6-12(7-11)16-13-8-14(17)9-13/h2-5,11-14,16-17H,6-9H2,1H3. The molecule has 0 atom stereocenters. The van der Waals surface area contributed by atoms with Gasteiger partial charge in [0.1, 0.15) is 0 Å². The second-order valence-corrected chi connectivity index (χ2v) is 5.71. The SMILES string of the molecule is Cc1ccccc1C1CC(NC2CC(O)C2)C1. The normalized spacial score (nSPS) is 36.1. The average molecular weight is 231 g/mol. The third-order valence-corrected chi connectivity index (χ3v) is 4.35. The minimum absolute atomic E-state index is 0.0419. The van der Waals surface area contributed by atoms with Gasteiger partial charge in [0.15, 0.2) is 0 Å². The van der Waals surface area contributed by atoms with Crippen LogP contribution in [0.15, 0.2) is 24.3 Å². The fourth-order valence-corrected chi connectivity index (χ4v) is 3.11. The Balaban J connectivity index is 1.50. The maximum Gasteiger partial charge on any atom is 0.0570 e. The van der Waals surface area contributed by atoms with Crippen LogP contribution in [0.25, 0.3) is 0 Å². The van der Waals surface area contributed by atoms with Crippen LogP contribution in [0.3, 0.4) is 0 Å². The number of aryl methyl sites for hydroxylation is 1. The van der Waals surface area contributed by atoms with Crippen molar-refractivity contribution in [3.8, 4) is 0 Å². The van der Waals surface area contributed by atoms with E-state index in [0.29, 0.717) is 12.1 Å². The molecular formula is C15H21NO. The van der Waals surface area contributed by atoms with E-state index in [-0.39, 0.29) is 6.10 Å². The quantitative estimate of drug-likeness (QED) is 0.837. The number of hydrogen-bond acceptors (Lipinski definition) is 2. The molecule has 2 aliphatic rings. The molecule has 2 aliphatic carbocycles. The van der Waals surface area contributed by atoms with Crippen molar-refractivity contribution in [2.45, 2.75) is 56.7 Å². The van der Waals surface area contributed by atoms with Crippen LogP contribution in [0.4, 0.5) is 0 Å². The van der Waals surface area contributed by atoms with Gasteiger partial charge in [0.05, 0.1) is 6.10 Å². The Morgan fingerprint density at radius 3 is 2.35 bits per heavy atom. The van der Waals surface area contributed by atoms with E-state index in [0.717, 1.165) is 18.8 Å². The summed E-state index contributed by atoms with van der Waals surface area (Å²) < 4.78 is 0. The molecule has 2 saturated carbocycles. The van der Waals surface area contributed by atoms with Crippen LogP contribution < -0.4 is 5.32 Å². The molecule has 0 saturated heterocycles. The van der Waals surface area contributed by atoms with Gasteiger partial charge in [-0.05, 0) is 49.7 Å². The van der Waals surface area contributed by atoms with Gasteiger partial charge in [-0.1, -0.05) is 24.3 Å². The molecule has 1 aromatic rings. The number of aliphatic hydroxyl groups excluding tert-OH is 1.